The van der Waals surface area contributed by atoms with Gasteiger partial charge in [-0.1, -0.05) is 6.07 Å². The van der Waals surface area contributed by atoms with E-state index < -0.39 is 0 Å². The fourth-order valence-electron chi connectivity index (χ4n) is 3.11. The zero-order chi connectivity index (χ0) is 13.9. The van der Waals surface area contributed by atoms with Gasteiger partial charge >= 0.3 is 0 Å². The van der Waals surface area contributed by atoms with Crippen molar-refractivity contribution in [3.8, 4) is 5.75 Å². The van der Waals surface area contributed by atoms with Crippen molar-refractivity contribution < 1.29 is 9.53 Å². The van der Waals surface area contributed by atoms with E-state index in [1.807, 2.05) is 17.0 Å². The molecule has 2 aliphatic rings. The number of rotatable bonds is 3. The van der Waals surface area contributed by atoms with Crippen LogP contribution in [0.1, 0.15) is 42.9 Å². The zero-order valence-corrected chi connectivity index (χ0v) is 11.8. The Morgan fingerprint density at radius 2 is 2.10 bits per heavy atom. The van der Waals surface area contributed by atoms with Crippen LogP contribution in [0.25, 0.3) is 0 Å². The Balaban J connectivity index is 1.63. The molecule has 1 aromatic rings. The maximum Gasteiger partial charge on any atom is 0.260 e. The molecule has 1 aliphatic heterocycles. The summed E-state index contributed by atoms with van der Waals surface area (Å²) in [5, 5.41) is 0. The molecule has 2 N–H and O–H groups in total. The van der Waals surface area contributed by atoms with Gasteiger partial charge in [0.1, 0.15) is 5.75 Å². The van der Waals surface area contributed by atoms with E-state index in [2.05, 4.69) is 6.07 Å². The lowest BCUT2D eigenvalue weighted by Gasteiger charge is -2.23. The average Bonchev–Trinajstić information content (AvgIpc) is 3.00. The van der Waals surface area contributed by atoms with E-state index in [1.165, 1.54) is 11.1 Å². The molecule has 0 saturated carbocycles. The van der Waals surface area contributed by atoms with Crippen LogP contribution in [0, 0.1) is 0 Å². The predicted octanol–water partition coefficient (Wildman–Crippen LogP) is 2.02. The molecule has 4 nitrogen and oxygen atoms in total. The van der Waals surface area contributed by atoms with Crippen LogP contribution in [-0.2, 0) is 11.2 Å². The molecule has 1 unspecified atom stereocenters. The number of hydrogen-bond acceptors (Lipinski definition) is 3. The van der Waals surface area contributed by atoms with Crippen LogP contribution in [0.5, 0.6) is 5.75 Å². The third kappa shape index (κ3) is 2.80. The lowest BCUT2D eigenvalue weighted by atomic mass is 9.88. The van der Waals surface area contributed by atoms with Gasteiger partial charge in [0.15, 0.2) is 6.61 Å². The number of aryl methyl sites for hydroxylation is 1. The quantitative estimate of drug-likeness (QED) is 0.917. The highest BCUT2D eigenvalue weighted by atomic mass is 16.5. The minimum Gasteiger partial charge on any atom is -0.484 e. The van der Waals surface area contributed by atoms with Crippen molar-refractivity contribution in [2.45, 2.75) is 38.1 Å². The Kier molecular flexibility index (Phi) is 3.92. The summed E-state index contributed by atoms with van der Waals surface area (Å²) < 4.78 is 5.65. The van der Waals surface area contributed by atoms with Crippen molar-refractivity contribution in [1.82, 2.24) is 4.90 Å². The van der Waals surface area contributed by atoms with Crippen molar-refractivity contribution in [2.75, 3.05) is 19.7 Å². The van der Waals surface area contributed by atoms with Crippen molar-refractivity contribution >= 4 is 5.91 Å². The molecule has 1 atom stereocenters. The first-order chi connectivity index (χ1) is 9.74. The van der Waals surface area contributed by atoms with E-state index in [0.29, 0.717) is 0 Å². The lowest BCUT2D eigenvalue weighted by molar-refractivity contribution is -0.132. The number of fused-ring (bicyclic) bond motifs is 1. The van der Waals surface area contributed by atoms with Gasteiger partial charge in [0.05, 0.1) is 0 Å². The second-order valence-corrected chi connectivity index (χ2v) is 5.74. The second kappa shape index (κ2) is 5.83. The van der Waals surface area contributed by atoms with Gasteiger partial charge in [-0.05, 0) is 55.4 Å². The summed E-state index contributed by atoms with van der Waals surface area (Å²) in [4.78, 5) is 13.8. The number of likely N-dealkylation sites (tertiary alicyclic amines) is 1. The Hall–Kier alpha value is -1.55. The van der Waals surface area contributed by atoms with Crippen LogP contribution in [0.4, 0.5) is 0 Å². The SMILES string of the molecule is NC1CCCc2ccc(OCC(=O)N3CCCC3)cc21. The smallest absolute Gasteiger partial charge is 0.260 e. The molecule has 4 heteroatoms. The number of carbonyl (C=O) groups excluding carboxylic acids is 1. The topological polar surface area (TPSA) is 55.6 Å². The van der Waals surface area contributed by atoms with Crippen molar-refractivity contribution in [3.63, 3.8) is 0 Å². The molecule has 3 rings (SSSR count). The Labute approximate surface area is 119 Å². The van der Waals surface area contributed by atoms with Gasteiger partial charge in [-0.3, -0.25) is 4.79 Å². The summed E-state index contributed by atoms with van der Waals surface area (Å²) in [7, 11) is 0. The fourth-order valence-corrected chi connectivity index (χ4v) is 3.11. The molecule has 1 aliphatic carbocycles. The molecule has 1 heterocycles. The molecule has 0 aromatic heterocycles. The molecule has 20 heavy (non-hydrogen) atoms. The zero-order valence-electron chi connectivity index (χ0n) is 11.8. The van der Waals surface area contributed by atoms with Gasteiger partial charge in [0.25, 0.3) is 5.91 Å². The van der Waals surface area contributed by atoms with Crippen LogP contribution in [-0.4, -0.2) is 30.5 Å². The maximum atomic E-state index is 11.9. The number of nitrogens with zero attached hydrogens (tertiary/aromatic N) is 1. The number of hydrogen-bond donors (Lipinski definition) is 1. The first kappa shape index (κ1) is 13.4. The van der Waals surface area contributed by atoms with Crippen LogP contribution in [0.3, 0.4) is 0 Å². The number of ether oxygens (including phenoxy) is 1. The van der Waals surface area contributed by atoms with E-state index in [1.54, 1.807) is 0 Å². The molecule has 1 amide bonds. The number of nitrogens with two attached hydrogens (primary N) is 1. The summed E-state index contributed by atoms with van der Waals surface area (Å²) in [5.41, 5.74) is 8.64. The third-order valence-corrected chi connectivity index (χ3v) is 4.30. The molecular weight excluding hydrogens is 252 g/mol. The fraction of sp³-hybridized carbons (Fsp3) is 0.562. The van der Waals surface area contributed by atoms with E-state index in [9.17, 15) is 4.79 Å². The summed E-state index contributed by atoms with van der Waals surface area (Å²) in [6.07, 6.45) is 5.50. The molecule has 0 bridgehead atoms. The minimum absolute atomic E-state index is 0.0875. The molecular formula is C16H22N2O2. The van der Waals surface area contributed by atoms with Crippen LogP contribution in [0.2, 0.25) is 0 Å². The van der Waals surface area contributed by atoms with Crippen molar-refractivity contribution in [3.05, 3.63) is 29.3 Å². The third-order valence-electron chi connectivity index (χ3n) is 4.30. The summed E-state index contributed by atoms with van der Waals surface area (Å²) in [5.74, 6) is 0.846. The molecule has 0 radical (unpaired) electrons. The van der Waals surface area contributed by atoms with E-state index in [0.717, 1.165) is 50.9 Å². The predicted molar refractivity (Wildman–Crippen MR) is 77.6 cm³/mol. The van der Waals surface area contributed by atoms with Crippen LogP contribution >= 0.6 is 0 Å². The summed E-state index contributed by atoms with van der Waals surface area (Å²) in [6, 6.07) is 6.16. The van der Waals surface area contributed by atoms with Crippen molar-refractivity contribution in [1.29, 1.82) is 0 Å². The number of benzene rings is 1. The first-order valence-electron chi connectivity index (χ1n) is 7.53. The van der Waals surface area contributed by atoms with Gasteiger partial charge in [-0.2, -0.15) is 0 Å². The van der Waals surface area contributed by atoms with Gasteiger partial charge in [-0.25, -0.2) is 0 Å². The highest BCUT2D eigenvalue weighted by Crippen LogP contribution is 2.30. The van der Waals surface area contributed by atoms with Gasteiger partial charge < -0.3 is 15.4 Å². The van der Waals surface area contributed by atoms with Crippen LogP contribution < -0.4 is 10.5 Å². The lowest BCUT2D eigenvalue weighted by Crippen LogP contribution is -2.32. The second-order valence-electron chi connectivity index (χ2n) is 5.74. The van der Waals surface area contributed by atoms with Gasteiger partial charge in [-0.15, -0.1) is 0 Å². The van der Waals surface area contributed by atoms with Crippen molar-refractivity contribution in [2.24, 2.45) is 5.73 Å². The molecule has 1 fully saturated rings. The molecule has 1 saturated heterocycles. The first-order valence-corrected chi connectivity index (χ1v) is 7.53. The summed E-state index contributed by atoms with van der Waals surface area (Å²) >= 11 is 0. The van der Waals surface area contributed by atoms with E-state index in [-0.39, 0.29) is 18.6 Å². The minimum atomic E-state index is 0.0875. The Morgan fingerprint density at radius 1 is 1.30 bits per heavy atom. The van der Waals surface area contributed by atoms with Crippen LogP contribution in [0.15, 0.2) is 18.2 Å². The Bertz CT molecular complexity index is 495. The van der Waals surface area contributed by atoms with E-state index >= 15 is 0 Å². The highest BCUT2D eigenvalue weighted by molar-refractivity contribution is 5.78. The summed E-state index contributed by atoms with van der Waals surface area (Å²) in [6.45, 7) is 1.88. The molecule has 1 aromatic carbocycles. The van der Waals surface area contributed by atoms with Gasteiger partial charge in [0, 0.05) is 19.1 Å². The number of carbonyl (C=O) groups is 1. The standard InChI is InChI=1S/C16H22N2O2/c17-15-5-3-4-12-6-7-13(10-14(12)15)20-11-16(19)18-8-1-2-9-18/h6-7,10,15H,1-5,8-9,11,17H2. The monoisotopic (exact) mass is 274 g/mol. The molecule has 108 valence electrons. The number of amides is 1. The molecule has 0 spiro atoms. The van der Waals surface area contributed by atoms with E-state index in [4.69, 9.17) is 10.5 Å². The normalized spacial score (nSPS) is 21.6. The van der Waals surface area contributed by atoms with Gasteiger partial charge in [0.2, 0.25) is 0 Å². The highest BCUT2D eigenvalue weighted by Gasteiger charge is 2.20. The largest absolute Gasteiger partial charge is 0.484 e. The maximum absolute atomic E-state index is 11.9. The Morgan fingerprint density at radius 3 is 2.90 bits per heavy atom. The average molecular weight is 274 g/mol.